The number of hydrogen-bond donors (Lipinski definition) is 2. The van der Waals surface area contributed by atoms with Gasteiger partial charge in [0, 0.05) is 32.4 Å². The molecule has 0 radical (unpaired) electrons. The smallest absolute Gasteiger partial charge is 0.294 e. The van der Waals surface area contributed by atoms with E-state index in [1.807, 2.05) is 0 Å². The lowest BCUT2D eigenvalue weighted by atomic mass is 10.0. The number of rotatable bonds is 7. The predicted molar refractivity (Wildman–Crippen MR) is 104 cm³/mol. The molecule has 27 heavy (non-hydrogen) atoms. The number of carbonyl (C=O) groups excluding carboxylic acids is 1. The van der Waals surface area contributed by atoms with Crippen molar-refractivity contribution in [2.45, 2.75) is 25.8 Å². The number of amides is 1. The molecule has 2 aromatic heterocycles. The van der Waals surface area contributed by atoms with Crippen molar-refractivity contribution in [3.63, 3.8) is 0 Å². The van der Waals surface area contributed by atoms with Crippen molar-refractivity contribution < 1.29 is 4.79 Å². The van der Waals surface area contributed by atoms with Crippen molar-refractivity contribution in [3.05, 3.63) is 52.7 Å². The number of anilines is 1. The van der Waals surface area contributed by atoms with Crippen LogP contribution in [0, 0.1) is 0 Å². The molecular formula is C19H24N6O2. The second-order valence-corrected chi connectivity index (χ2v) is 6.39. The van der Waals surface area contributed by atoms with E-state index in [4.69, 9.17) is 0 Å². The number of hydrogen-bond acceptors (Lipinski definition) is 5. The van der Waals surface area contributed by atoms with Gasteiger partial charge in [-0.3, -0.25) is 18.8 Å². The summed E-state index contributed by atoms with van der Waals surface area (Å²) < 4.78 is 3.06. The minimum absolute atomic E-state index is 0.0787. The van der Waals surface area contributed by atoms with E-state index in [0.29, 0.717) is 12.2 Å². The Labute approximate surface area is 157 Å². The van der Waals surface area contributed by atoms with Gasteiger partial charge in [0.15, 0.2) is 5.82 Å². The Morgan fingerprint density at radius 2 is 2.15 bits per heavy atom. The molecule has 142 valence electrons. The van der Waals surface area contributed by atoms with Crippen molar-refractivity contribution in [1.29, 1.82) is 0 Å². The lowest BCUT2D eigenvalue weighted by Crippen LogP contribution is -2.33. The van der Waals surface area contributed by atoms with Crippen LogP contribution in [0.3, 0.4) is 0 Å². The fourth-order valence-electron chi connectivity index (χ4n) is 2.95. The van der Waals surface area contributed by atoms with Crippen LogP contribution in [-0.4, -0.2) is 38.8 Å². The van der Waals surface area contributed by atoms with Crippen LogP contribution in [0.15, 0.2) is 47.2 Å². The fraction of sp³-hybridized carbons (Fsp3) is 0.368. The summed E-state index contributed by atoms with van der Waals surface area (Å²) in [6, 6.07) is 0. The molecule has 0 spiro atoms. The molecule has 0 fully saturated rings. The van der Waals surface area contributed by atoms with Crippen LogP contribution < -0.4 is 16.2 Å². The lowest BCUT2D eigenvalue weighted by molar-refractivity contribution is -0.121. The van der Waals surface area contributed by atoms with Gasteiger partial charge in [0.1, 0.15) is 6.54 Å². The van der Waals surface area contributed by atoms with E-state index in [2.05, 4.69) is 38.9 Å². The van der Waals surface area contributed by atoms with Gasteiger partial charge in [0.25, 0.3) is 5.56 Å². The number of aromatic nitrogens is 4. The van der Waals surface area contributed by atoms with Gasteiger partial charge in [-0.25, -0.2) is 4.98 Å². The maximum atomic E-state index is 12.9. The van der Waals surface area contributed by atoms with E-state index in [-0.39, 0.29) is 23.8 Å². The first-order valence-corrected chi connectivity index (χ1v) is 8.97. The Hall–Kier alpha value is -3.16. The highest BCUT2D eigenvalue weighted by molar-refractivity contribution is 5.76. The van der Waals surface area contributed by atoms with Crippen molar-refractivity contribution in [1.82, 2.24) is 24.6 Å². The molecule has 0 bridgehead atoms. The first kappa shape index (κ1) is 18.6. The highest BCUT2D eigenvalue weighted by atomic mass is 16.2. The zero-order valence-electron chi connectivity index (χ0n) is 15.6. The van der Waals surface area contributed by atoms with Crippen LogP contribution in [0.1, 0.15) is 19.3 Å². The Morgan fingerprint density at radius 3 is 2.81 bits per heavy atom. The SMILES string of the molecule is CNC(=O)Cn1c(-c2cnn(C)c2)cnc(NCCC2=CCCC=C2)c1=O. The Bertz CT molecular complexity index is 938. The molecule has 2 aromatic rings. The third-order valence-electron chi connectivity index (χ3n) is 4.41. The topological polar surface area (TPSA) is 93.8 Å². The molecule has 0 saturated heterocycles. The second-order valence-electron chi connectivity index (χ2n) is 6.39. The van der Waals surface area contributed by atoms with Gasteiger partial charge in [-0.1, -0.05) is 23.8 Å². The molecule has 1 aliphatic carbocycles. The fourth-order valence-corrected chi connectivity index (χ4v) is 2.95. The van der Waals surface area contributed by atoms with Crippen LogP contribution in [0.2, 0.25) is 0 Å². The molecule has 8 nitrogen and oxygen atoms in total. The summed E-state index contributed by atoms with van der Waals surface area (Å²) in [4.78, 5) is 29.1. The van der Waals surface area contributed by atoms with Crippen molar-refractivity contribution >= 4 is 11.7 Å². The number of aryl methyl sites for hydroxylation is 1. The number of nitrogens with one attached hydrogen (secondary N) is 2. The Kier molecular flexibility index (Phi) is 5.85. The summed E-state index contributed by atoms with van der Waals surface area (Å²) in [5.41, 5.74) is 2.22. The molecule has 8 heteroatoms. The van der Waals surface area contributed by atoms with Gasteiger partial charge in [-0.05, 0) is 19.3 Å². The number of allylic oxidation sites excluding steroid dienone is 3. The van der Waals surface area contributed by atoms with Crippen molar-refractivity contribution in [2.75, 3.05) is 18.9 Å². The van der Waals surface area contributed by atoms with Gasteiger partial charge in [-0.15, -0.1) is 0 Å². The summed E-state index contributed by atoms with van der Waals surface area (Å²) in [6.07, 6.45) is 14.5. The molecule has 0 unspecified atom stereocenters. The van der Waals surface area contributed by atoms with Gasteiger partial charge in [0.2, 0.25) is 5.91 Å². The van der Waals surface area contributed by atoms with Gasteiger partial charge < -0.3 is 10.6 Å². The van der Waals surface area contributed by atoms with Gasteiger partial charge in [0.05, 0.1) is 18.1 Å². The maximum absolute atomic E-state index is 12.9. The molecule has 0 aromatic carbocycles. The molecule has 1 aliphatic rings. The minimum Gasteiger partial charge on any atom is -0.365 e. The summed E-state index contributed by atoms with van der Waals surface area (Å²) in [5.74, 6) is -0.0104. The summed E-state index contributed by atoms with van der Waals surface area (Å²) in [6.45, 7) is 0.523. The summed E-state index contributed by atoms with van der Waals surface area (Å²) >= 11 is 0. The molecule has 2 heterocycles. The highest BCUT2D eigenvalue weighted by Gasteiger charge is 2.15. The predicted octanol–water partition coefficient (Wildman–Crippen LogP) is 1.47. The largest absolute Gasteiger partial charge is 0.365 e. The van der Waals surface area contributed by atoms with Crippen LogP contribution in [-0.2, 0) is 18.4 Å². The van der Waals surface area contributed by atoms with Crippen molar-refractivity contribution in [2.24, 2.45) is 7.05 Å². The van der Waals surface area contributed by atoms with Gasteiger partial charge >= 0.3 is 0 Å². The zero-order chi connectivity index (χ0) is 19.2. The minimum atomic E-state index is -0.326. The molecular weight excluding hydrogens is 344 g/mol. The van der Waals surface area contributed by atoms with Crippen LogP contribution >= 0.6 is 0 Å². The van der Waals surface area contributed by atoms with Gasteiger partial charge in [-0.2, -0.15) is 5.10 Å². The quantitative estimate of drug-likeness (QED) is 0.772. The van der Waals surface area contributed by atoms with E-state index in [1.165, 1.54) is 10.1 Å². The van der Waals surface area contributed by atoms with Crippen LogP contribution in [0.4, 0.5) is 5.82 Å². The first-order chi connectivity index (χ1) is 13.1. The lowest BCUT2D eigenvalue weighted by Gasteiger charge is -2.13. The Morgan fingerprint density at radius 1 is 1.30 bits per heavy atom. The third kappa shape index (κ3) is 4.52. The van der Waals surface area contributed by atoms with Crippen LogP contribution in [0.5, 0.6) is 0 Å². The maximum Gasteiger partial charge on any atom is 0.294 e. The van der Waals surface area contributed by atoms with Crippen molar-refractivity contribution in [3.8, 4) is 11.3 Å². The number of nitrogens with zero attached hydrogens (tertiary/aromatic N) is 4. The number of likely N-dealkylation sites (N-methyl/N-ethyl adjacent to an activating group) is 1. The van der Waals surface area contributed by atoms with E-state index < -0.39 is 0 Å². The first-order valence-electron chi connectivity index (χ1n) is 8.97. The second kappa shape index (κ2) is 8.48. The molecule has 0 atom stereocenters. The van der Waals surface area contributed by atoms with E-state index in [0.717, 1.165) is 24.8 Å². The molecule has 1 amide bonds. The molecule has 3 rings (SSSR count). The average molecular weight is 368 g/mol. The Balaban J connectivity index is 1.83. The zero-order valence-corrected chi connectivity index (χ0v) is 15.6. The summed E-state index contributed by atoms with van der Waals surface area (Å²) in [7, 11) is 3.34. The molecule has 0 aliphatic heterocycles. The monoisotopic (exact) mass is 368 g/mol. The highest BCUT2D eigenvalue weighted by Crippen LogP contribution is 2.17. The van der Waals surface area contributed by atoms with E-state index in [9.17, 15) is 9.59 Å². The molecule has 0 saturated carbocycles. The normalized spacial score (nSPS) is 13.3. The standard InChI is InChI=1S/C19H24N6O2/c1-20-17(26)13-25-16(15-10-23-24(2)12-15)11-22-18(19(25)27)21-9-8-14-6-4-3-5-7-14/h4,6-7,10-12H,3,5,8-9,13H2,1-2H3,(H,20,26)(H,21,22). The van der Waals surface area contributed by atoms with E-state index in [1.54, 1.807) is 37.4 Å². The molecule has 2 N–H and O–H groups in total. The number of carbonyl (C=O) groups is 1. The average Bonchev–Trinajstić information content (AvgIpc) is 3.11. The van der Waals surface area contributed by atoms with E-state index >= 15 is 0 Å². The third-order valence-corrected chi connectivity index (χ3v) is 4.41. The van der Waals surface area contributed by atoms with Crippen LogP contribution in [0.25, 0.3) is 11.3 Å². The summed E-state index contributed by atoms with van der Waals surface area (Å²) in [5, 5.41) is 9.79.